The van der Waals surface area contributed by atoms with Crippen LogP contribution in [0.1, 0.15) is 24.5 Å². The van der Waals surface area contributed by atoms with Crippen molar-refractivity contribution in [1.82, 2.24) is 0 Å². The number of halogens is 2. The Morgan fingerprint density at radius 3 is 2.54 bits per heavy atom. The van der Waals surface area contributed by atoms with Crippen LogP contribution >= 0.6 is 23.2 Å². The summed E-state index contributed by atoms with van der Waals surface area (Å²) in [6.07, 6.45) is 5.31. The molecule has 2 aliphatic carbocycles. The molecule has 2 bridgehead atoms. The summed E-state index contributed by atoms with van der Waals surface area (Å²) in [4.78, 5) is 12.9. The monoisotopic (exact) mass is 384 g/mol. The molecule has 0 saturated carbocycles. The van der Waals surface area contributed by atoms with Gasteiger partial charge in [0.25, 0.3) is 0 Å². The average Bonchev–Trinajstić information content (AvgIpc) is 3.07. The fourth-order valence-electron chi connectivity index (χ4n) is 3.87. The maximum Gasteiger partial charge on any atom is 0.173 e. The quantitative estimate of drug-likeness (QED) is 0.633. The lowest BCUT2D eigenvalue weighted by atomic mass is 9.80. The molecule has 2 atom stereocenters. The SMILES string of the molecule is CCc1ccc(-c2ccc(Cl)cc2Cl)cc1C1=C(O)[C@H]2C=C[C@H](C2)C1=O. The molecule has 0 heterocycles. The Kier molecular flexibility index (Phi) is 4.42. The summed E-state index contributed by atoms with van der Waals surface area (Å²) >= 11 is 12.4. The number of hydrogen-bond donors (Lipinski definition) is 1. The van der Waals surface area contributed by atoms with E-state index in [4.69, 9.17) is 23.2 Å². The van der Waals surface area contributed by atoms with Gasteiger partial charge in [-0.25, -0.2) is 0 Å². The van der Waals surface area contributed by atoms with Gasteiger partial charge in [0, 0.05) is 27.4 Å². The summed E-state index contributed by atoms with van der Waals surface area (Å²) in [6.45, 7) is 2.05. The number of allylic oxidation sites excluding steroid dienone is 3. The van der Waals surface area contributed by atoms with Gasteiger partial charge in [-0.05, 0) is 47.7 Å². The zero-order valence-corrected chi connectivity index (χ0v) is 15.8. The van der Waals surface area contributed by atoms with Crippen LogP contribution in [0.25, 0.3) is 16.7 Å². The topological polar surface area (TPSA) is 37.3 Å². The van der Waals surface area contributed by atoms with Crippen molar-refractivity contribution in [2.45, 2.75) is 19.8 Å². The maximum atomic E-state index is 12.9. The Labute approximate surface area is 162 Å². The Morgan fingerprint density at radius 2 is 1.81 bits per heavy atom. The largest absolute Gasteiger partial charge is 0.511 e. The summed E-state index contributed by atoms with van der Waals surface area (Å²) in [5.41, 5.74) is 4.05. The van der Waals surface area contributed by atoms with Crippen LogP contribution < -0.4 is 0 Å². The van der Waals surface area contributed by atoms with Crippen molar-refractivity contribution in [2.24, 2.45) is 11.8 Å². The van der Waals surface area contributed by atoms with Crippen LogP contribution in [-0.4, -0.2) is 10.9 Å². The van der Waals surface area contributed by atoms with E-state index in [1.54, 1.807) is 12.1 Å². The van der Waals surface area contributed by atoms with Crippen LogP contribution in [-0.2, 0) is 11.2 Å². The standard InChI is InChI=1S/C22H18Cl2O2/c1-2-12-3-4-13(17-8-7-16(23)11-19(17)24)10-18(12)20-21(25)14-5-6-15(9-14)22(20)26/h3-8,10-11,14-15,25H,2,9H2,1H3/t14-,15+/m0/s1. The Hall–Kier alpha value is -2.03. The van der Waals surface area contributed by atoms with E-state index < -0.39 is 0 Å². The Morgan fingerprint density at radius 1 is 1.04 bits per heavy atom. The minimum absolute atomic E-state index is 0.00144. The van der Waals surface area contributed by atoms with E-state index in [2.05, 4.69) is 0 Å². The minimum Gasteiger partial charge on any atom is -0.511 e. The van der Waals surface area contributed by atoms with Crippen LogP contribution in [0.4, 0.5) is 0 Å². The third-order valence-electron chi connectivity index (χ3n) is 5.28. The first-order valence-electron chi connectivity index (χ1n) is 8.74. The van der Waals surface area contributed by atoms with E-state index in [-0.39, 0.29) is 23.4 Å². The summed E-state index contributed by atoms with van der Waals surface area (Å²) in [6, 6.07) is 11.3. The molecule has 2 aliphatic rings. The van der Waals surface area contributed by atoms with Crippen molar-refractivity contribution in [2.75, 3.05) is 0 Å². The fourth-order valence-corrected chi connectivity index (χ4v) is 4.39. The molecule has 4 rings (SSSR count). The fraction of sp³-hybridized carbons (Fsp3) is 0.227. The van der Waals surface area contributed by atoms with Gasteiger partial charge in [-0.15, -0.1) is 0 Å². The highest BCUT2D eigenvalue weighted by Crippen LogP contribution is 2.43. The highest BCUT2D eigenvalue weighted by atomic mass is 35.5. The molecule has 0 spiro atoms. The third-order valence-corrected chi connectivity index (χ3v) is 5.82. The van der Waals surface area contributed by atoms with Crippen LogP contribution in [0.2, 0.25) is 10.0 Å². The van der Waals surface area contributed by atoms with Crippen molar-refractivity contribution >= 4 is 34.6 Å². The first-order valence-corrected chi connectivity index (χ1v) is 9.49. The van der Waals surface area contributed by atoms with Crippen LogP contribution in [0.3, 0.4) is 0 Å². The van der Waals surface area contributed by atoms with Gasteiger partial charge in [0.1, 0.15) is 5.76 Å². The number of aliphatic hydroxyl groups is 1. The number of carbonyl (C=O) groups excluding carboxylic acids is 1. The molecule has 2 nitrogen and oxygen atoms in total. The van der Waals surface area contributed by atoms with E-state index in [0.29, 0.717) is 22.0 Å². The Bertz CT molecular complexity index is 972. The number of aliphatic hydroxyl groups excluding tert-OH is 1. The van der Waals surface area contributed by atoms with E-state index >= 15 is 0 Å². The summed E-state index contributed by atoms with van der Waals surface area (Å²) in [5.74, 6) is 0.00849. The van der Waals surface area contributed by atoms with Gasteiger partial charge < -0.3 is 5.11 Å². The molecule has 0 unspecified atom stereocenters. The number of rotatable bonds is 3. The molecule has 132 valence electrons. The average molecular weight is 385 g/mol. The van der Waals surface area contributed by atoms with Crippen molar-refractivity contribution in [3.63, 3.8) is 0 Å². The maximum absolute atomic E-state index is 12.9. The lowest BCUT2D eigenvalue weighted by Crippen LogP contribution is -2.22. The summed E-state index contributed by atoms with van der Waals surface area (Å²) in [7, 11) is 0. The summed E-state index contributed by atoms with van der Waals surface area (Å²) < 4.78 is 0. The molecule has 0 saturated heterocycles. The van der Waals surface area contributed by atoms with Gasteiger partial charge in [0.05, 0.1) is 5.57 Å². The predicted octanol–water partition coefficient (Wildman–Crippen LogP) is 6.27. The predicted molar refractivity (Wildman–Crippen MR) is 107 cm³/mol. The number of carbonyl (C=O) groups is 1. The number of Topliss-reactive ketones (excluding diaryl/α,β-unsaturated/α-hetero) is 1. The molecule has 0 radical (unpaired) electrons. The molecule has 1 N–H and O–H groups in total. The molecule has 0 aromatic heterocycles. The van der Waals surface area contributed by atoms with Crippen molar-refractivity contribution in [3.05, 3.63) is 75.5 Å². The van der Waals surface area contributed by atoms with Crippen molar-refractivity contribution in [1.29, 1.82) is 0 Å². The first-order chi connectivity index (χ1) is 12.5. The van der Waals surface area contributed by atoms with Gasteiger partial charge in [0.2, 0.25) is 0 Å². The van der Waals surface area contributed by atoms with Crippen molar-refractivity contribution < 1.29 is 9.90 Å². The van der Waals surface area contributed by atoms with E-state index in [9.17, 15) is 9.90 Å². The zero-order chi connectivity index (χ0) is 18.4. The third kappa shape index (κ3) is 2.78. The van der Waals surface area contributed by atoms with Gasteiger partial charge in [0.15, 0.2) is 5.78 Å². The first kappa shape index (κ1) is 17.4. The van der Waals surface area contributed by atoms with Gasteiger partial charge in [-0.1, -0.05) is 60.5 Å². The highest BCUT2D eigenvalue weighted by Gasteiger charge is 2.38. The number of aryl methyl sites for hydroxylation is 1. The van der Waals surface area contributed by atoms with Crippen LogP contribution in [0.5, 0.6) is 0 Å². The molecule has 4 heteroatoms. The second kappa shape index (κ2) is 6.61. The molecular formula is C22H18Cl2O2. The lowest BCUT2D eigenvalue weighted by molar-refractivity contribution is -0.116. The Balaban J connectivity index is 1.89. The zero-order valence-electron chi connectivity index (χ0n) is 14.3. The van der Waals surface area contributed by atoms with Crippen molar-refractivity contribution in [3.8, 4) is 11.1 Å². The van der Waals surface area contributed by atoms with Gasteiger partial charge >= 0.3 is 0 Å². The van der Waals surface area contributed by atoms with Crippen LogP contribution in [0, 0.1) is 11.8 Å². The molecular weight excluding hydrogens is 367 g/mol. The molecule has 0 aliphatic heterocycles. The number of hydrogen-bond acceptors (Lipinski definition) is 2. The van der Waals surface area contributed by atoms with E-state index in [1.165, 1.54) is 0 Å². The van der Waals surface area contributed by atoms with Gasteiger partial charge in [-0.2, -0.15) is 0 Å². The second-order valence-electron chi connectivity index (χ2n) is 6.81. The number of ketones is 1. The van der Waals surface area contributed by atoms with Gasteiger partial charge in [-0.3, -0.25) is 4.79 Å². The molecule has 0 amide bonds. The second-order valence-corrected chi connectivity index (χ2v) is 7.65. The normalized spacial score (nSPS) is 21.6. The smallest absolute Gasteiger partial charge is 0.173 e. The van der Waals surface area contributed by atoms with E-state index in [1.807, 2.05) is 43.3 Å². The number of fused-ring (bicyclic) bond motifs is 2. The lowest BCUT2D eigenvalue weighted by Gasteiger charge is -2.24. The van der Waals surface area contributed by atoms with E-state index in [0.717, 1.165) is 28.7 Å². The number of benzene rings is 2. The summed E-state index contributed by atoms with van der Waals surface area (Å²) in [5, 5.41) is 11.9. The molecule has 0 fully saturated rings. The molecule has 2 aromatic carbocycles. The molecule has 26 heavy (non-hydrogen) atoms. The minimum atomic E-state index is -0.126. The molecule has 2 aromatic rings. The van der Waals surface area contributed by atoms with Crippen LogP contribution in [0.15, 0.2) is 54.3 Å². The highest BCUT2D eigenvalue weighted by molar-refractivity contribution is 6.36.